The first-order chi connectivity index (χ1) is 28.6. The van der Waals surface area contributed by atoms with E-state index in [-0.39, 0.29) is 25.5 Å². The van der Waals surface area contributed by atoms with Gasteiger partial charge in [-0.05, 0) is 61.1 Å². The minimum Gasteiger partial charge on any atom is -0.500 e. The summed E-state index contributed by atoms with van der Waals surface area (Å²) in [6.45, 7) is 13.7. The predicted octanol–water partition coefficient (Wildman–Crippen LogP) is 14.1. The molecule has 0 atom stereocenters. The Morgan fingerprint density at radius 1 is 0.583 bits per heavy atom. The molecule has 0 saturated carbocycles. The Morgan fingerprint density at radius 3 is 2.02 bits per heavy atom. The van der Waals surface area contributed by atoms with Crippen LogP contribution in [0.5, 0.6) is 0 Å². The zero-order valence-electron chi connectivity index (χ0n) is 34.8. The number of hydrogen-bond donors (Lipinski definition) is 0. The van der Waals surface area contributed by atoms with Crippen LogP contribution in [0.15, 0.2) is 175 Å². The summed E-state index contributed by atoms with van der Waals surface area (Å²) in [6.07, 6.45) is 3.98. The first-order valence-corrected chi connectivity index (χ1v) is 23.8. The van der Waals surface area contributed by atoms with Gasteiger partial charge in [0.15, 0.2) is 0 Å². The van der Waals surface area contributed by atoms with Crippen molar-refractivity contribution < 1.29 is 24.5 Å². The predicted molar refractivity (Wildman–Crippen MR) is 251 cm³/mol. The Labute approximate surface area is 367 Å². The number of pyridine rings is 2. The number of aryl methyl sites for hydroxylation is 1. The minimum atomic E-state index is -1.47. The van der Waals surface area contributed by atoms with Crippen LogP contribution < -0.4 is 5.19 Å². The van der Waals surface area contributed by atoms with Gasteiger partial charge in [-0.25, -0.2) is 0 Å². The Morgan fingerprint density at radius 2 is 1.27 bits per heavy atom. The van der Waals surface area contributed by atoms with Crippen molar-refractivity contribution in [2.24, 2.45) is 0 Å². The van der Waals surface area contributed by atoms with Crippen molar-refractivity contribution in [3.8, 4) is 33.6 Å². The number of furan rings is 1. The molecule has 3 nitrogen and oxygen atoms in total. The fourth-order valence-corrected chi connectivity index (χ4v) is 9.65. The van der Waals surface area contributed by atoms with Crippen molar-refractivity contribution in [1.29, 1.82) is 0 Å². The third kappa shape index (κ3) is 7.77. The van der Waals surface area contributed by atoms with Crippen LogP contribution >= 0.6 is 0 Å². The molecule has 0 N–H and O–H groups in total. The average molecular weight is 971 g/mol. The molecule has 0 saturated heterocycles. The molecule has 0 fully saturated rings. The van der Waals surface area contributed by atoms with Crippen molar-refractivity contribution in [2.75, 3.05) is 0 Å². The number of aromatic nitrogens is 2. The first-order valence-electron chi connectivity index (χ1n) is 20.3. The van der Waals surface area contributed by atoms with Gasteiger partial charge in [0.05, 0.1) is 13.7 Å². The van der Waals surface area contributed by atoms with Gasteiger partial charge in [-0.2, -0.15) is 0 Å². The quantitative estimate of drug-likeness (QED) is 0.0947. The molecule has 1 radical (unpaired) electrons. The largest absolute Gasteiger partial charge is 0.500 e. The zero-order chi connectivity index (χ0) is 40.7. The molecule has 0 unspecified atom stereocenters. The van der Waals surface area contributed by atoms with E-state index >= 15 is 0 Å². The third-order valence-corrected chi connectivity index (χ3v) is 13.6. The SMILES string of the molecule is CC(C)(c1ccccc1)c1ccnc(-c2[c-]ccc3c2oc2c3ccc3c4ccccc4ccc32)c1.Cc1c[c-]c(-c2cc(-c3ccccc3)c([Si](C)(C)C)cn2)cc1.[Ir]. The van der Waals surface area contributed by atoms with E-state index < -0.39 is 8.07 Å². The van der Waals surface area contributed by atoms with E-state index in [1.54, 1.807) is 0 Å². The summed E-state index contributed by atoms with van der Waals surface area (Å²) in [5.74, 6) is 0. The summed E-state index contributed by atoms with van der Waals surface area (Å²) in [4.78, 5) is 9.48. The summed E-state index contributed by atoms with van der Waals surface area (Å²) in [5.41, 5.74) is 11.7. The van der Waals surface area contributed by atoms with Gasteiger partial charge < -0.3 is 14.4 Å². The summed E-state index contributed by atoms with van der Waals surface area (Å²) < 4.78 is 6.64. The number of fused-ring (bicyclic) bond motifs is 7. The molecule has 0 spiro atoms. The van der Waals surface area contributed by atoms with E-state index in [0.717, 1.165) is 49.8 Å². The molecule has 0 aliphatic carbocycles. The average Bonchev–Trinajstić information content (AvgIpc) is 3.66. The van der Waals surface area contributed by atoms with E-state index in [2.05, 4.69) is 204 Å². The Balaban J connectivity index is 0.000000181. The standard InChI is InChI=1S/C34H24NO.C21H22NSi.Ir/c1-34(2,23-10-4-3-5-11-23)24-19-20-35-31(21-24)30-14-8-13-27-29-18-17-26-25-12-7-6-9-22(25)15-16-28(26)32(29)36-33(27)30;1-16-10-12-18(13-11-16)20-14-19(17-8-6-5-7-9-17)21(15-22-20)23(2,3)4;/h3-13,15-21H,1-2H3;5-12,14-15H,1-4H3;/q2*-1;. The normalized spacial score (nSPS) is 11.7. The maximum atomic E-state index is 6.64. The monoisotopic (exact) mass is 971 g/mol. The number of hydrogen-bond acceptors (Lipinski definition) is 3. The van der Waals surface area contributed by atoms with Crippen LogP contribution in [-0.2, 0) is 25.5 Å². The van der Waals surface area contributed by atoms with Crippen LogP contribution in [0.3, 0.4) is 0 Å². The summed E-state index contributed by atoms with van der Waals surface area (Å²) in [7, 11) is -1.47. The summed E-state index contributed by atoms with van der Waals surface area (Å²) >= 11 is 0. The number of nitrogens with zero attached hydrogens (tertiary/aromatic N) is 2. The number of rotatable bonds is 6. The first kappa shape index (κ1) is 40.8. The van der Waals surface area contributed by atoms with Crippen molar-refractivity contribution in [3.05, 3.63) is 199 Å². The Bertz CT molecular complexity index is 3110. The summed E-state index contributed by atoms with van der Waals surface area (Å²) in [6, 6.07) is 62.1. The van der Waals surface area contributed by atoms with E-state index in [9.17, 15) is 0 Å². The van der Waals surface area contributed by atoms with Gasteiger partial charge in [-0.3, -0.25) is 0 Å². The van der Waals surface area contributed by atoms with Gasteiger partial charge in [0.1, 0.15) is 5.58 Å². The van der Waals surface area contributed by atoms with Crippen LogP contribution in [0.2, 0.25) is 19.6 Å². The van der Waals surface area contributed by atoms with E-state index in [1.165, 1.54) is 49.2 Å². The third-order valence-electron chi connectivity index (χ3n) is 11.6. The minimum absolute atomic E-state index is 0. The van der Waals surface area contributed by atoms with Gasteiger partial charge in [0.2, 0.25) is 0 Å². The molecule has 3 heterocycles. The molecule has 0 amide bonds. The smallest absolute Gasteiger partial charge is 0.128 e. The fourth-order valence-electron chi connectivity index (χ4n) is 8.17. The van der Waals surface area contributed by atoms with Crippen molar-refractivity contribution in [1.82, 2.24) is 9.97 Å². The Hall–Kier alpha value is -5.97. The molecule has 10 rings (SSSR count). The fraction of sp³-hybridized carbons (Fsp3) is 0.127. The van der Waals surface area contributed by atoms with E-state index in [4.69, 9.17) is 14.4 Å². The van der Waals surface area contributed by atoms with Crippen molar-refractivity contribution >= 4 is 56.7 Å². The topological polar surface area (TPSA) is 38.9 Å². The molecule has 5 heteroatoms. The molecule has 3 aromatic heterocycles. The van der Waals surface area contributed by atoms with E-state index in [1.807, 2.05) is 18.3 Å². The van der Waals surface area contributed by atoms with Gasteiger partial charge >= 0.3 is 0 Å². The molecule has 10 aromatic rings. The van der Waals surface area contributed by atoms with Crippen LogP contribution in [-0.4, -0.2) is 18.0 Å². The van der Waals surface area contributed by atoms with Crippen LogP contribution in [0.25, 0.3) is 77.1 Å². The molecule has 0 bridgehead atoms. The maximum Gasteiger partial charge on any atom is 0.128 e. The van der Waals surface area contributed by atoms with E-state index in [0.29, 0.717) is 0 Å². The zero-order valence-corrected chi connectivity index (χ0v) is 38.2. The van der Waals surface area contributed by atoms with Gasteiger partial charge in [-0.1, -0.05) is 173 Å². The van der Waals surface area contributed by atoms with Gasteiger partial charge in [-0.15, -0.1) is 53.6 Å². The molecular weight excluding hydrogens is 925 g/mol. The van der Waals surface area contributed by atoms with Crippen molar-refractivity contribution in [3.63, 3.8) is 0 Å². The molecule has 0 aliphatic rings. The molecular formula is C55H46IrN2OSi-2. The maximum absolute atomic E-state index is 6.64. The van der Waals surface area contributed by atoms with Crippen LogP contribution in [0, 0.1) is 19.1 Å². The second-order valence-electron chi connectivity index (χ2n) is 17.0. The van der Waals surface area contributed by atoms with Gasteiger partial charge in [0, 0.05) is 48.7 Å². The van der Waals surface area contributed by atoms with Gasteiger partial charge in [0.25, 0.3) is 0 Å². The van der Waals surface area contributed by atoms with Crippen LogP contribution in [0.4, 0.5) is 0 Å². The number of benzene rings is 7. The second kappa shape index (κ2) is 16.6. The molecule has 60 heavy (non-hydrogen) atoms. The molecule has 0 aliphatic heterocycles. The van der Waals surface area contributed by atoms with Crippen molar-refractivity contribution in [2.45, 2.75) is 45.8 Å². The van der Waals surface area contributed by atoms with Crippen LogP contribution in [0.1, 0.15) is 30.5 Å². The summed E-state index contributed by atoms with van der Waals surface area (Å²) in [5, 5.41) is 8.40. The molecule has 297 valence electrons. The Kier molecular flexibility index (Phi) is 11.3. The second-order valence-corrected chi connectivity index (χ2v) is 22.0. The molecule has 7 aromatic carbocycles.